The predicted molar refractivity (Wildman–Crippen MR) is 143 cm³/mol. The zero-order valence-electron chi connectivity index (χ0n) is 18.9. The normalized spacial score (nSPS) is 11.3. The van der Waals surface area contributed by atoms with Crippen molar-refractivity contribution in [1.29, 1.82) is 0 Å². The molecular formula is C25H26Cl2N2O3S2. The molecule has 0 aliphatic heterocycles. The number of hydrogen-bond acceptors (Lipinski definition) is 4. The summed E-state index contributed by atoms with van der Waals surface area (Å²) >= 11 is 14.0. The second kappa shape index (κ2) is 12.0. The maximum absolute atomic E-state index is 13.4. The Bertz CT molecular complexity index is 1210. The second-order valence-corrected chi connectivity index (χ2v) is 11.5. The van der Waals surface area contributed by atoms with Crippen LogP contribution in [-0.4, -0.2) is 33.2 Å². The van der Waals surface area contributed by atoms with Gasteiger partial charge in [0.05, 0.1) is 10.6 Å². The van der Waals surface area contributed by atoms with Crippen LogP contribution in [0.4, 0.5) is 5.69 Å². The molecule has 0 saturated heterocycles. The van der Waals surface area contributed by atoms with Crippen LogP contribution in [0.1, 0.15) is 16.7 Å². The lowest BCUT2D eigenvalue weighted by molar-refractivity contribution is -0.119. The molecule has 1 amide bonds. The maximum atomic E-state index is 13.4. The van der Waals surface area contributed by atoms with E-state index in [0.29, 0.717) is 33.8 Å². The first-order valence-electron chi connectivity index (χ1n) is 10.6. The number of rotatable bonds is 10. The molecular weight excluding hydrogens is 511 g/mol. The number of carbonyl (C=O) groups excluding carboxylic acids is 1. The van der Waals surface area contributed by atoms with Gasteiger partial charge in [0.2, 0.25) is 5.91 Å². The minimum absolute atomic E-state index is 0.138. The monoisotopic (exact) mass is 536 g/mol. The van der Waals surface area contributed by atoms with Crippen LogP contribution < -0.4 is 9.62 Å². The molecule has 9 heteroatoms. The number of hydrogen-bond donors (Lipinski definition) is 1. The van der Waals surface area contributed by atoms with Crippen molar-refractivity contribution < 1.29 is 13.2 Å². The van der Waals surface area contributed by atoms with Crippen LogP contribution in [-0.2, 0) is 20.6 Å². The SMILES string of the molecule is Cc1ccc(N(CC(=O)NCCSCc2c(Cl)cccc2Cl)S(=O)(=O)c2ccc(C)cc2)cc1. The highest BCUT2D eigenvalue weighted by atomic mass is 35.5. The van der Waals surface area contributed by atoms with E-state index in [4.69, 9.17) is 23.2 Å². The van der Waals surface area contributed by atoms with Crippen molar-refractivity contribution in [2.24, 2.45) is 0 Å². The standard InChI is InChI=1S/C25H26Cl2N2O3S2/c1-18-6-10-20(11-7-18)29(34(31,32)21-12-8-19(2)9-13-21)16-25(30)28-14-15-33-17-22-23(26)4-3-5-24(22)27/h3-13H,14-17H2,1-2H3,(H,28,30). The number of benzene rings is 3. The van der Waals surface area contributed by atoms with Crippen molar-refractivity contribution in [3.63, 3.8) is 0 Å². The van der Waals surface area contributed by atoms with Crippen molar-refractivity contribution in [1.82, 2.24) is 5.32 Å². The molecule has 0 unspecified atom stereocenters. The maximum Gasteiger partial charge on any atom is 0.264 e. The van der Waals surface area contributed by atoms with E-state index in [1.54, 1.807) is 66.4 Å². The average molecular weight is 538 g/mol. The van der Waals surface area contributed by atoms with Crippen LogP contribution in [0.3, 0.4) is 0 Å². The highest BCUT2D eigenvalue weighted by molar-refractivity contribution is 7.98. The molecule has 34 heavy (non-hydrogen) atoms. The molecule has 0 heterocycles. The molecule has 0 aliphatic carbocycles. The molecule has 0 spiro atoms. The lowest BCUT2D eigenvalue weighted by Crippen LogP contribution is -2.41. The molecule has 5 nitrogen and oxygen atoms in total. The molecule has 1 N–H and O–H groups in total. The number of sulfonamides is 1. The third-order valence-corrected chi connectivity index (χ3v) is 8.58. The van der Waals surface area contributed by atoms with E-state index in [9.17, 15) is 13.2 Å². The van der Waals surface area contributed by atoms with Gasteiger partial charge in [-0.15, -0.1) is 0 Å². The first-order valence-corrected chi connectivity index (χ1v) is 14.0. The van der Waals surface area contributed by atoms with Crippen molar-refractivity contribution >= 4 is 56.6 Å². The molecule has 3 aromatic carbocycles. The summed E-state index contributed by atoms with van der Waals surface area (Å²) in [6, 6.07) is 19.0. The van der Waals surface area contributed by atoms with Gasteiger partial charge in [0, 0.05) is 28.1 Å². The number of amides is 1. The lowest BCUT2D eigenvalue weighted by atomic mass is 10.2. The van der Waals surface area contributed by atoms with Crippen molar-refractivity contribution in [3.05, 3.63) is 93.5 Å². The Morgan fingerprint density at radius 1 is 0.912 bits per heavy atom. The van der Waals surface area contributed by atoms with E-state index < -0.39 is 10.0 Å². The summed E-state index contributed by atoms with van der Waals surface area (Å²) in [5.41, 5.74) is 3.24. The largest absolute Gasteiger partial charge is 0.354 e. The van der Waals surface area contributed by atoms with Crippen LogP contribution in [0.2, 0.25) is 10.0 Å². The van der Waals surface area contributed by atoms with Crippen LogP contribution in [0.15, 0.2) is 71.6 Å². The minimum atomic E-state index is -3.92. The average Bonchev–Trinajstić information content (AvgIpc) is 2.80. The van der Waals surface area contributed by atoms with E-state index in [2.05, 4.69) is 5.32 Å². The number of thioether (sulfide) groups is 1. The molecule has 0 saturated carbocycles. The molecule has 0 atom stereocenters. The minimum Gasteiger partial charge on any atom is -0.354 e. The first-order chi connectivity index (χ1) is 16.2. The fourth-order valence-electron chi connectivity index (χ4n) is 3.16. The number of aryl methyl sites for hydroxylation is 2. The number of halogens is 2. The summed E-state index contributed by atoms with van der Waals surface area (Å²) in [7, 11) is -3.92. The molecule has 0 aromatic heterocycles. The number of carbonyl (C=O) groups is 1. The van der Waals surface area contributed by atoms with Crippen LogP contribution in [0.25, 0.3) is 0 Å². The Kier molecular flexibility index (Phi) is 9.31. The van der Waals surface area contributed by atoms with Gasteiger partial charge < -0.3 is 5.32 Å². The van der Waals surface area contributed by atoms with E-state index in [0.717, 1.165) is 21.0 Å². The van der Waals surface area contributed by atoms with Crippen molar-refractivity contribution in [2.45, 2.75) is 24.5 Å². The van der Waals surface area contributed by atoms with Crippen LogP contribution >= 0.6 is 35.0 Å². The Hall–Kier alpha value is -2.19. The molecule has 3 rings (SSSR count). The van der Waals surface area contributed by atoms with Gasteiger partial charge in [-0.3, -0.25) is 9.10 Å². The van der Waals surface area contributed by atoms with Crippen LogP contribution in [0, 0.1) is 13.8 Å². The quantitative estimate of drug-likeness (QED) is 0.329. The summed E-state index contributed by atoms with van der Waals surface area (Å²) in [5, 5.41) is 4.03. The Morgan fingerprint density at radius 3 is 2.06 bits per heavy atom. The topological polar surface area (TPSA) is 66.5 Å². The third kappa shape index (κ3) is 6.92. The molecule has 180 valence electrons. The number of nitrogens with one attached hydrogen (secondary N) is 1. The lowest BCUT2D eigenvalue weighted by Gasteiger charge is -2.24. The molecule has 0 radical (unpaired) electrons. The van der Waals surface area contributed by atoms with Crippen LogP contribution in [0.5, 0.6) is 0 Å². The summed E-state index contributed by atoms with van der Waals surface area (Å²) in [6.07, 6.45) is 0. The molecule has 0 aliphatic rings. The van der Waals surface area contributed by atoms with E-state index in [1.165, 1.54) is 0 Å². The highest BCUT2D eigenvalue weighted by Gasteiger charge is 2.27. The number of anilines is 1. The summed E-state index contributed by atoms with van der Waals surface area (Å²) < 4.78 is 27.9. The smallest absolute Gasteiger partial charge is 0.264 e. The number of nitrogens with zero attached hydrogens (tertiary/aromatic N) is 1. The van der Waals surface area contributed by atoms with Crippen molar-refractivity contribution in [3.8, 4) is 0 Å². The van der Waals surface area contributed by atoms with Gasteiger partial charge in [-0.2, -0.15) is 11.8 Å². The fourth-order valence-corrected chi connectivity index (χ4v) is 6.17. The predicted octanol–water partition coefficient (Wildman–Crippen LogP) is 5.86. The van der Waals surface area contributed by atoms with Gasteiger partial charge in [0.15, 0.2) is 0 Å². The van der Waals surface area contributed by atoms with Gasteiger partial charge in [-0.05, 0) is 55.8 Å². The molecule has 0 fully saturated rings. The zero-order chi connectivity index (χ0) is 24.7. The first kappa shape index (κ1) is 26.4. The zero-order valence-corrected chi connectivity index (χ0v) is 22.1. The van der Waals surface area contributed by atoms with E-state index in [1.807, 2.05) is 26.0 Å². The fraction of sp³-hybridized carbons (Fsp3) is 0.240. The Labute approximate surface area is 215 Å². The third-order valence-electron chi connectivity index (χ3n) is 5.09. The molecule has 3 aromatic rings. The van der Waals surface area contributed by atoms with Crippen molar-refractivity contribution in [2.75, 3.05) is 23.1 Å². The summed E-state index contributed by atoms with van der Waals surface area (Å²) in [5.74, 6) is 0.862. The van der Waals surface area contributed by atoms with Gasteiger partial charge in [-0.25, -0.2) is 8.42 Å². The molecule has 0 bridgehead atoms. The Balaban J connectivity index is 1.64. The van der Waals surface area contributed by atoms with Gasteiger partial charge in [0.1, 0.15) is 6.54 Å². The summed E-state index contributed by atoms with van der Waals surface area (Å²) in [6.45, 7) is 3.88. The van der Waals surface area contributed by atoms with Gasteiger partial charge in [0.25, 0.3) is 10.0 Å². The van der Waals surface area contributed by atoms with E-state index >= 15 is 0 Å². The van der Waals surface area contributed by atoms with E-state index in [-0.39, 0.29) is 17.3 Å². The second-order valence-electron chi connectivity index (χ2n) is 7.76. The van der Waals surface area contributed by atoms with Gasteiger partial charge in [-0.1, -0.05) is 64.7 Å². The summed E-state index contributed by atoms with van der Waals surface area (Å²) in [4.78, 5) is 12.8. The Morgan fingerprint density at radius 2 is 1.47 bits per heavy atom. The highest BCUT2D eigenvalue weighted by Crippen LogP contribution is 2.28. The van der Waals surface area contributed by atoms with Gasteiger partial charge >= 0.3 is 0 Å².